The summed E-state index contributed by atoms with van der Waals surface area (Å²) in [4.78, 5) is 9.21. The van der Waals surface area contributed by atoms with Gasteiger partial charge in [0.05, 0.1) is 6.61 Å². The second-order valence-electron chi connectivity index (χ2n) is 5.66. The van der Waals surface area contributed by atoms with Crippen LogP contribution < -0.4 is 0 Å². The van der Waals surface area contributed by atoms with E-state index in [1.165, 1.54) is 44.7 Å². The van der Waals surface area contributed by atoms with Crippen molar-refractivity contribution in [2.24, 2.45) is 5.92 Å². The summed E-state index contributed by atoms with van der Waals surface area (Å²) in [7, 11) is 0. The van der Waals surface area contributed by atoms with E-state index in [0.29, 0.717) is 0 Å². The number of piperazine rings is 1. The Kier molecular flexibility index (Phi) is 4.43. The van der Waals surface area contributed by atoms with E-state index < -0.39 is 0 Å². The van der Waals surface area contributed by atoms with Crippen LogP contribution in [0.1, 0.15) is 12.0 Å². The van der Waals surface area contributed by atoms with Crippen molar-refractivity contribution in [1.82, 2.24) is 14.8 Å². The highest BCUT2D eigenvalue weighted by molar-refractivity contribution is 5.09. The average Bonchev–Trinajstić information content (AvgIpc) is 2.95. The Morgan fingerprint density at radius 1 is 1.11 bits per heavy atom. The predicted octanol–water partition coefficient (Wildman–Crippen LogP) is 1.24. The van der Waals surface area contributed by atoms with Gasteiger partial charge in [-0.3, -0.25) is 9.88 Å². The lowest BCUT2D eigenvalue weighted by molar-refractivity contribution is 0.107. The van der Waals surface area contributed by atoms with E-state index in [1.807, 2.05) is 12.4 Å². The lowest BCUT2D eigenvalue weighted by Gasteiger charge is -2.35. The molecule has 4 heteroatoms. The smallest absolute Gasteiger partial charge is 0.0507 e. The van der Waals surface area contributed by atoms with Crippen LogP contribution >= 0.6 is 0 Å². The maximum absolute atomic E-state index is 5.46. The van der Waals surface area contributed by atoms with Crippen molar-refractivity contribution >= 4 is 0 Å². The van der Waals surface area contributed by atoms with Gasteiger partial charge in [0.2, 0.25) is 0 Å². The molecule has 1 aromatic rings. The van der Waals surface area contributed by atoms with E-state index in [9.17, 15) is 0 Å². The third-order valence-electron chi connectivity index (χ3n) is 4.16. The van der Waals surface area contributed by atoms with Gasteiger partial charge in [0, 0.05) is 58.3 Å². The summed E-state index contributed by atoms with van der Waals surface area (Å²) in [6.45, 7) is 8.96. The predicted molar refractivity (Wildman–Crippen MR) is 74.9 cm³/mol. The fraction of sp³-hybridized carbons (Fsp3) is 0.667. The molecule has 19 heavy (non-hydrogen) atoms. The number of nitrogens with zero attached hydrogens (tertiary/aromatic N) is 3. The summed E-state index contributed by atoms with van der Waals surface area (Å²) < 4.78 is 5.46. The molecule has 2 aliphatic heterocycles. The van der Waals surface area contributed by atoms with Gasteiger partial charge in [-0.1, -0.05) is 0 Å². The number of pyridine rings is 1. The molecule has 0 amide bonds. The number of hydrogen-bond acceptors (Lipinski definition) is 4. The molecule has 3 heterocycles. The molecule has 104 valence electrons. The molecule has 0 aromatic carbocycles. The first-order valence-corrected chi connectivity index (χ1v) is 7.31. The van der Waals surface area contributed by atoms with Crippen molar-refractivity contribution in [3.63, 3.8) is 0 Å². The fourth-order valence-electron chi connectivity index (χ4n) is 2.97. The maximum atomic E-state index is 5.46. The van der Waals surface area contributed by atoms with Crippen molar-refractivity contribution in [3.8, 4) is 0 Å². The molecule has 0 bridgehead atoms. The normalized spacial score (nSPS) is 25.8. The molecule has 4 nitrogen and oxygen atoms in total. The van der Waals surface area contributed by atoms with Crippen LogP contribution in [-0.2, 0) is 11.3 Å². The van der Waals surface area contributed by atoms with Crippen molar-refractivity contribution in [2.45, 2.75) is 13.0 Å². The van der Waals surface area contributed by atoms with Crippen molar-refractivity contribution in [1.29, 1.82) is 0 Å². The number of ether oxygens (including phenoxy) is 1. The van der Waals surface area contributed by atoms with Crippen LogP contribution in [0.4, 0.5) is 0 Å². The third kappa shape index (κ3) is 3.75. The molecule has 1 aromatic heterocycles. The highest BCUT2D eigenvalue weighted by Gasteiger charge is 2.22. The zero-order valence-corrected chi connectivity index (χ0v) is 11.5. The molecular formula is C15H23N3O. The molecule has 0 spiro atoms. The second kappa shape index (κ2) is 6.46. The van der Waals surface area contributed by atoms with Crippen molar-refractivity contribution in [2.75, 3.05) is 45.9 Å². The summed E-state index contributed by atoms with van der Waals surface area (Å²) in [6, 6.07) is 4.23. The highest BCUT2D eigenvalue weighted by Crippen LogP contribution is 2.15. The molecule has 2 aliphatic rings. The van der Waals surface area contributed by atoms with Gasteiger partial charge in [0.25, 0.3) is 0 Å². The van der Waals surface area contributed by atoms with Crippen LogP contribution in [0.25, 0.3) is 0 Å². The number of hydrogen-bond donors (Lipinski definition) is 0. The first kappa shape index (κ1) is 13.0. The quantitative estimate of drug-likeness (QED) is 0.815. The Bertz CT molecular complexity index is 370. The molecular weight excluding hydrogens is 238 g/mol. The molecule has 0 radical (unpaired) electrons. The summed E-state index contributed by atoms with van der Waals surface area (Å²) in [5.74, 6) is 0.770. The van der Waals surface area contributed by atoms with E-state index in [0.717, 1.165) is 25.7 Å². The molecule has 2 fully saturated rings. The summed E-state index contributed by atoms with van der Waals surface area (Å²) >= 11 is 0. The number of rotatable bonds is 4. The zero-order valence-electron chi connectivity index (χ0n) is 11.5. The standard InChI is InChI=1S/C15H23N3O/c1-4-16-5-2-14(1)11-17-6-8-18(9-7-17)12-15-3-10-19-13-15/h1-2,4-5,15H,3,6-13H2. The molecule has 0 aliphatic carbocycles. The average molecular weight is 261 g/mol. The highest BCUT2D eigenvalue weighted by atomic mass is 16.5. The third-order valence-corrected chi connectivity index (χ3v) is 4.16. The minimum Gasteiger partial charge on any atom is -0.381 e. The van der Waals surface area contributed by atoms with E-state index in [4.69, 9.17) is 4.74 Å². The van der Waals surface area contributed by atoms with Crippen LogP contribution in [0.5, 0.6) is 0 Å². The summed E-state index contributed by atoms with van der Waals surface area (Å²) in [6.07, 6.45) is 5.01. The summed E-state index contributed by atoms with van der Waals surface area (Å²) in [5.41, 5.74) is 1.37. The van der Waals surface area contributed by atoms with Gasteiger partial charge in [-0.2, -0.15) is 0 Å². The van der Waals surface area contributed by atoms with Gasteiger partial charge in [0.1, 0.15) is 0 Å². The van der Waals surface area contributed by atoms with Crippen LogP contribution in [0.2, 0.25) is 0 Å². The van der Waals surface area contributed by atoms with Crippen molar-refractivity contribution < 1.29 is 4.74 Å². The Balaban J connectivity index is 1.41. The Hall–Kier alpha value is -0.970. The lowest BCUT2D eigenvalue weighted by atomic mass is 10.1. The number of aromatic nitrogens is 1. The van der Waals surface area contributed by atoms with Gasteiger partial charge in [-0.25, -0.2) is 0 Å². The molecule has 0 N–H and O–H groups in total. The summed E-state index contributed by atoms with van der Waals surface area (Å²) in [5, 5.41) is 0. The fourth-order valence-corrected chi connectivity index (χ4v) is 2.97. The van der Waals surface area contributed by atoms with Crippen LogP contribution in [0, 0.1) is 5.92 Å². The van der Waals surface area contributed by atoms with Crippen LogP contribution in [0.3, 0.4) is 0 Å². The Morgan fingerprint density at radius 3 is 2.53 bits per heavy atom. The van der Waals surface area contributed by atoms with Crippen LogP contribution in [0.15, 0.2) is 24.5 Å². The minimum absolute atomic E-state index is 0.770. The molecule has 0 saturated carbocycles. The van der Waals surface area contributed by atoms with Crippen molar-refractivity contribution in [3.05, 3.63) is 30.1 Å². The van der Waals surface area contributed by atoms with E-state index in [1.54, 1.807) is 0 Å². The maximum Gasteiger partial charge on any atom is 0.0507 e. The van der Waals surface area contributed by atoms with Gasteiger partial charge >= 0.3 is 0 Å². The Morgan fingerprint density at radius 2 is 1.84 bits per heavy atom. The monoisotopic (exact) mass is 261 g/mol. The molecule has 1 atom stereocenters. The van der Waals surface area contributed by atoms with Gasteiger partial charge < -0.3 is 9.64 Å². The van der Waals surface area contributed by atoms with Crippen LogP contribution in [-0.4, -0.2) is 60.7 Å². The topological polar surface area (TPSA) is 28.6 Å². The van der Waals surface area contributed by atoms with Gasteiger partial charge in [-0.05, 0) is 30.0 Å². The van der Waals surface area contributed by atoms with Gasteiger partial charge in [0.15, 0.2) is 0 Å². The molecule has 2 saturated heterocycles. The zero-order chi connectivity index (χ0) is 12.9. The van der Waals surface area contributed by atoms with Gasteiger partial charge in [-0.15, -0.1) is 0 Å². The van der Waals surface area contributed by atoms with E-state index in [-0.39, 0.29) is 0 Å². The lowest BCUT2D eigenvalue weighted by Crippen LogP contribution is -2.47. The second-order valence-corrected chi connectivity index (χ2v) is 5.66. The first-order valence-electron chi connectivity index (χ1n) is 7.31. The van der Waals surface area contributed by atoms with E-state index >= 15 is 0 Å². The first-order chi connectivity index (χ1) is 9.40. The minimum atomic E-state index is 0.770. The molecule has 3 rings (SSSR count). The molecule has 1 unspecified atom stereocenters. The SMILES string of the molecule is c1cc(CN2CCN(CC3CCOC3)CC2)ccn1. The Labute approximate surface area is 115 Å². The van der Waals surface area contributed by atoms with E-state index in [2.05, 4.69) is 26.9 Å². The largest absolute Gasteiger partial charge is 0.381 e.